The zero-order valence-corrected chi connectivity index (χ0v) is 19.4. The van der Waals surface area contributed by atoms with Crippen LogP contribution in [-0.2, 0) is 11.3 Å². The first-order chi connectivity index (χ1) is 16.5. The largest absolute Gasteiger partial charge is 0.326 e. The molecule has 1 N–H and O–H groups in total. The molecular weight excluding hydrogens is 451 g/mol. The fourth-order valence-corrected chi connectivity index (χ4v) is 4.18. The number of hydrogen-bond acceptors (Lipinski definition) is 5. The third-order valence-corrected chi connectivity index (χ3v) is 6.13. The Bertz CT molecular complexity index is 1290. The first-order valence-corrected chi connectivity index (χ1v) is 11.8. The molecule has 1 amide bonds. The van der Waals surface area contributed by atoms with Crippen molar-refractivity contribution in [2.24, 2.45) is 0 Å². The van der Waals surface area contributed by atoms with Crippen LogP contribution >= 0.6 is 11.8 Å². The molecule has 0 aliphatic heterocycles. The number of carbonyl (C=O) groups excluding carboxylic acids is 2. The second kappa shape index (κ2) is 10.9. The summed E-state index contributed by atoms with van der Waals surface area (Å²) in [5, 5.41) is 11.8. The number of carbonyl (C=O) groups is 2. The lowest BCUT2D eigenvalue weighted by atomic mass is 10.1. The zero-order chi connectivity index (χ0) is 23.9. The molecule has 1 aromatic heterocycles. The lowest BCUT2D eigenvalue weighted by Crippen LogP contribution is -2.10. The number of rotatable bonds is 9. The molecule has 0 radical (unpaired) electrons. The number of halogens is 1. The van der Waals surface area contributed by atoms with Gasteiger partial charge < -0.3 is 5.32 Å². The fourth-order valence-electron chi connectivity index (χ4n) is 3.35. The van der Waals surface area contributed by atoms with Gasteiger partial charge in [-0.15, -0.1) is 10.2 Å². The van der Waals surface area contributed by atoms with Crippen LogP contribution in [-0.4, -0.2) is 32.2 Å². The van der Waals surface area contributed by atoms with Crippen molar-refractivity contribution >= 4 is 29.1 Å². The van der Waals surface area contributed by atoms with E-state index in [1.165, 1.54) is 17.8 Å². The Morgan fingerprint density at radius 3 is 2.35 bits per heavy atom. The molecule has 0 aliphatic rings. The summed E-state index contributed by atoms with van der Waals surface area (Å²) in [5.41, 5.74) is 2.55. The number of nitrogens with zero attached hydrogens (tertiary/aromatic N) is 3. The van der Waals surface area contributed by atoms with E-state index < -0.39 is 0 Å². The molecule has 0 atom stereocenters. The maximum absolute atomic E-state index is 14.5. The van der Waals surface area contributed by atoms with E-state index in [0.29, 0.717) is 40.8 Å². The first-order valence-electron chi connectivity index (χ1n) is 10.8. The average Bonchev–Trinajstić information content (AvgIpc) is 3.25. The van der Waals surface area contributed by atoms with Crippen molar-refractivity contribution in [3.63, 3.8) is 0 Å². The minimum Gasteiger partial charge on any atom is -0.326 e. The Labute approximate surface area is 201 Å². The van der Waals surface area contributed by atoms with Gasteiger partial charge in [0.15, 0.2) is 16.8 Å². The van der Waals surface area contributed by atoms with E-state index in [2.05, 4.69) is 15.5 Å². The van der Waals surface area contributed by atoms with Gasteiger partial charge in [0.1, 0.15) is 5.82 Å². The number of amides is 1. The number of nitrogens with one attached hydrogen (secondary N) is 1. The van der Waals surface area contributed by atoms with Crippen molar-refractivity contribution in [1.82, 2.24) is 14.8 Å². The van der Waals surface area contributed by atoms with Crippen LogP contribution in [0.3, 0.4) is 0 Å². The highest BCUT2D eigenvalue weighted by Crippen LogP contribution is 2.27. The molecule has 0 aliphatic carbocycles. The second-order valence-electron chi connectivity index (χ2n) is 7.55. The standard InChI is InChI=1S/C26H23FN4O2S/c1-2-24(33)28-20-14-12-19(13-15-20)23(32)17-34-26-30-29-25(21-10-6-7-11-22(21)27)31(26)16-18-8-4-3-5-9-18/h3-15H,2,16-17H2,1H3,(H,28,33). The van der Waals surface area contributed by atoms with Gasteiger partial charge in [-0.05, 0) is 42.0 Å². The highest BCUT2D eigenvalue weighted by atomic mass is 32.2. The molecule has 0 fully saturated rings. The van der Waals surface area contributed by atoms with Crippen LogP contribution in [0.1, 0.15) is 29.3 Å². The van der Waals surface area contributed by atoms with Crippen molar-refractivity contribution in [2.45, 2.75) is 25.0 Å². The maximum Gasteiger partial charge on any atom is 0.224 e. The van der Waals surface area contributed by atoms with Crippen molar-refractivity contribution in [1.29, 1.82) is 0 Å². The third-order valence-electron chi connectivity index (χ3n) is 5.16. The highest BCUT2D eigenvalue weighted by molar-refractivity contribution is 7.99. The van der Waals surface area contributed by atoms with E-state index in [0.717, 1.165) is 5.56 Å². The van der Waals surface area contributed by atoms with Gasteiger partial charge in [0.2, 0.25) is 5.91 Å². The Morgan fingerprint density at radius 1 is 0.941 bits per heavy atom. The SMILES string of the molecule is CCC(=O)Nc1ccc(C(=O)CSc2nnc(-c3ccccc3F)n2Cc2ccccc2)cc1. The fraction of sp³-hybridized carbons (Fsp3) is 0.154. The summed E-state index contributed by atoms with van der Waals surface area (Å²) in [4.78, 5) is 24.3. The lowest BCUT2D eigenvalue weighted by molar-refractivity contribution is -0.115. The van der Waals surface area contributed by atoms with Gasteiger partial charge in [0, 0.05) is 17.7 Å². The van der Waals surface area contributed by atoms with Crippen molar-refractivity contribution in [3.05, 3.63) is 95.8 Å². The Balaban J connectivity index is 1.54. The predicted octanol–water partition coefficient (Wildman–Crippen LogP) is 5.46. The molecule has 1 heterocycles. The minimum atomic E-state index is -0.382. The average molecular weight is 475 g/mol. The van der Waals surface area contributed by atoms with E-state index in [1.807, 2.05) is 34.9 Å². The number of Topliss-reactive ketones (excluding diaryl/α,β-unsaturated/α-hetero) is 1. The zero-order valence-electron chi connectivity index (χ0n) is 18.6. The molecule has 4 aromatic rings. The number of thioether (sulfide) groups is 1. The Morgan fingerprint density at radius 2 is 1.65 bits per heavy atom. The van der Waals surface area contributed by atoms with Gasteiger partial charge >= 0.3 is 0 Å². The third kappa shape index (κ3) is 5.58. The van der Waals surface area contributed by atoms with Gasteiger partial charge in [0.25, 0.3) is 0 Å². The van der Waals surface area contributed by atoms with E-state index in [1.54, 1.807) is 49.4 Å². The summed E-state index contributed by atoms with van der Waals surface area (Å²) in [5.74, 6) is 0.00309. The molecule has 8 heteroatoms. The van der Waals surface area contributed by atoms with E-state index in [9.17, 15) is 14.0 Å². The van der Waals surface area contributed by atoms with Crippen LogP contribution in [0.4, 0.5) is 10.1 Å². The summed E-state index contributed by atoms with van der Waals surface area (Å²) in [6, 6.07) is 23.0. The monoisotopic (exact) mass is 474 g/mol. The van der Waals surface area contributed by atoms with Crippen molar-refractivity contribution < 1.29 is 14.0 Å². The summed E-state index contributed by atoms with van der Waals surface area (Å²) >= 11 is 1.26. The van der Waals surface area contributed by atoms with E-state index in [-0.39, 0.29) is 23.3 Å². The summed E-state index contributed by atoms with van der Waals surface area (Å²) in [6.45, 7) is 2.22. The van der Waals surface area contributed by atoms with Crippen LogP contribution < -0.4 is 5.32 Å². The molecule has 0 bridgehead atoms. The van der Waals surface area contributed by atoms with E-state index >= 15 is 0 Å². The number of aromatic nitrogens is 3. The number of anilines is 1. The van der Waals surface area contributed by atoms with Gasteiger partial charge in [-0.2, -0.15) is 0 Å². The first kappa shape index (κ1) is 23.4. The number of ketones is 1. The molecule has 0 saturated heterocycles. The topological polar surface area (TPSA) is 76.9 Å². The smallest absolute Gasteiger partial charge is 0.224 e. The normalized spacial score (nSPS) is 10.8. The number of benzene rings is 3. The van der Waals surface area contributed by atoms with Gasteiger partial charge in [-0.1, -0.05) is 61.2 Å². The Hall–Kier alpha value is -3.78. The summed E-state index contributed by atoms with van der Waals surface area (Å²) in [6.07, 6.45) is 0.385. The lowest BCUT2D eigenvalue weighted by Gasteiger charge is -2.11. The van der Waals surface area contributed by atoms with Crippen LogP contribution in [0.2, 0.25) is 0 Å². The minimum absolute atomic E-state index is 0.0833. The van der Waals surface area contributed by atoms with E-state index in [4.69, 9.17) is 0 Å². The van der Waals surface area contributed by atoms with Crippen molar-refractivity contribution in [2.75, 3.05) is 11.1 Å². The number of hydrogen-bond donors (Lipinski definition) is 1. The van der Waals surface area contributed by atoms with Crippen LogP contribution in [0.15, 0.2) is 84.0 Å². The maximum atomic E-state index is 14.5. The molecule has 3 aromatic carbocycles. The molecule has 0 spiro atoms. The van der Waals surface area contributed by atoms with Crippen LogP contribution in [0, 0.1) is 5.82 Å². The molecule has 6 nitrogen and oxygen atoms in total. The molecular formula is C26H23FN4O2S. The molecule has 172 valence electrons. The molecule has 4 rings (SSSR count). The molecule has 34 heavy (non-hydrogen) atoms. The van der Waals surface area contributed by atoms with Crippen molar-refractivity contribution in [3.8, 4) is 11.4 Å². The van der Waals surface area contributed by atoms with Gasteiger partial charge in [-0.3, -0.25) is 14.2 Å². The van der Waals surface area contributed by atoms with Crippen LogP contribution in [0.25, 0.3) is 11.4 Å². The quantitative estimate of drug-likeness (QED) is 0.258. The predicted molar refractivity (Wildman–Crippen MR) is 131 cm³/mol. The van der Waals surface area contributed by atoms with Gasteiger partial charge in [-0.25, -0.2) is 4.39 Å². The second-order valence-corrected chi connectivity index (χ2v) is 8.49. The highest BCUT2D eigenvalue weighted by Gasteiger charge is 2.19. The molecule has 0 saturated carbocycles. The summed E-state index contributed by atoms with van der Waals surface area (Å²) in [7, 11) is 0. The summed E-state index contributed by atoms with van der Waals surface area (Å²) < 4.78 is 16.3. The Kier molecular flexibility index (Phi) is 7.49. The van der Waals surface area contributed by atoms with Crippen LogP contribution in [0.5, 0.6) is 0 Å². The van der Waals surface area contributed by atoms with Gasteiger partial charge in [0.05, 0.1) is 17.9 Å². The molecule has 0 unspecified atom stereocenters.